The SMILES string of the molecule is Nc1cc(C(=O)Nc2cc(F)cc([N+](=O)[O-])c2)ccc1Br. The summed E-state index contributed by atoms with van der Waals surface area (Å²) in [6, 6.07) is 7.39. The topological polar surface area (TPSA) is 98.3 Å². The second-order valence-electron chi connectivity index (χ2n) is 4.15. The molecule has 8 heteroatoms. The largest absolute Gasteiger partial charge is 0.398 e. The van der Waals surface area contributed by atoms with Crippen molar-refractivity contribution in [1.29, 1.82) is 0 Å². The molecule has 2 aromatic carbocycles. The van der Waals surface area contributed by atoms with Crippen LogP contribution in [0.5, 0.6) is 0 Å². The van der Waals surface area contributed by atoms with Crippen LogP contribution in [0.25, 0.3) is 0 Å². The first kappa shape index (κ1) is 14.9. The summed E-state index contributed by atoms with van der Waals surface area (Å²) in [5.74, 6) is -1.36. The number of rotatable bonds is 3. The molecular formula is C13H9BrFN3O3. The van der Waals surface area contributed by atoms with Gasteiger partial charge in [-0.2, -0.15) is 0 Å². The molecule has 21 heavy (non-hydrogen) atoms. The summed E-state index contributed by atoms with van der Waals surface area (Å²) in [5.41, 5.74) is 5.83. The maximum atomic E-state index is 13.3. The van der Waals surface area contributed by atoms with Gasteiger partial charge in [0.15, 0.2) is 0 Å². The van der Waals surface area contributed by atoms with Crippen molar-refractivity contribution < 1.29 is 14.1 Å². The predicted octanol–water partition coefficient (Wildman–Crippen LogP) is 3.33. The number of carbonyl (C=O) groups excluding carboxylic acids is 1. The third kappa shape index (κ3) is 3.54. The van der Waals surface area contributed by atoms with Crippen molar-refractivity contribution in [2.45, 2.75) is 0 Å². The highest BCUT2D eigenvalue weighted by atomic mass is 79.9. The quantitative estimate of drug-likeness (QED) is 0.502. The van der Waals surface area contributed by atoms with Gasteiger partial charge in [-0.1, -0.05) is 0 Å². The summed E-state index contributed by atoms with van der Waals surface area (Å²) in [6.45, 7) is 0. The van der Waals surface area contributed by atoms with Gasteiger partial charge in [-0.3, -0.25) is 14.9 Å². The number of nitro benzene ring substituents is 1. The molecule has 0 bridgehead atoms. The van der Waals surface area contributed by atoms with Gasteiger partial charge in [0.05, 0.1) is 16.7 Å². The van der Waals surface area contributed by atoms with Crippen LogP contribution in [0.4, 0.5) is 21.5 Å². The Bertz CT molecular complexity index is 737. The number of hydrogen-bond acceptors (Lipinski definition) is 4. The molecule has 2 rings (SSSR count). The van der Waals surface area contributed by atoms with E-state index in [0.29, 0.717) is 10.2 Å². The molecule has 0 aliphatic carbocycles. The van der Waals surface area contributed by atoms with Crippen LogP contribution in [0.3, 0.4) is 0 Å². The Balaban J connectivity index is 2.27. The van der Waals surface area contributed by atoms with E-state index in [1.54, 1.807) is 6.07 Å². The molecule has 0 aliphatic heterocycles. The van der Waals surface area contributed by atoms with E-state index in [9.17, 15) is 19.3 Å². The highest BCUT2D eigenvalue weighted by Gasteiger charge is 2.13. The number of nitrogens with two attached hydrogens (primary N) is 1. The van der Waals surface area contributed by atoms with Crippen molar-refractivity contribution in [2.75, 3.05) is 11.1 Å². The van der Waals surface area contributed by atoms with Gasteiger partial charge in [-0.25, -0.2) is 4.39 Å². The fraction of sp³-hybridized carbons (Fsp3) is 0. The van der Waals surface area contributed by atoms with Crippen LogP contribution < -0.4 is 11.1 Å². The summed E-state index contributed by atoms with van der Waals surface area (Å²) in [5, 5.41) is 13.0. The van der Waals surface area contributed by atoms with E-state index < -0.39 is 22.3 Å². The van der Waals surface area contributed by atoms with E-state index in [-0.39, 0.29) is 11.3 Å². The molecule has 3 N–H and O–H groups in total. The molecule has 0 spiro atoms. The van der Waals surface area contributed by atoms with Gasteiger partial charge >= 0.3 is 0 Å². The molecule has 0 radical (unpaired) electrons. The molecule has 0 saturated carbocycles. The van der Waals surface area contributed by atoms with E-state index in [2.05, 4.69) is 21.2 Å². The van der Waals surface area contributed by atoms with Crippen LogP contribution in [0, 0.1) is 15.9 Å². The molecule has 0 fully saturated rings. The zero-order chi connectivity index (χ0) is 15.6. The second kappa shape index (κ2) is 5.88. The molecule has 6 nitrogen and oxygen atoms in total. The molecule has 0 unspecified atom stereocenters. The Morgan fingerprint density at radius 2 is 2.00 bits per heavy atom. The first-order valence-corrected chi connectivity index (χ1v) is 6.47. The molecule has 2 aromatic rings. The first-order chi connectivity index (χ1) is 9.86. The van der Waals surface area contributed by atoms with E-state index in [1.807, 2.05) is 0 Å². The summed E-state index contributed by atoms with van der Waals surface area (Å²) < 4.78 is 13.9. The van der Waals surface area contributed by atoms with Crippen molar-refractivity contribution in [3.63, 3.8) is 0 Å². The smallest absolute Gasteiger partial charge is 0.274 e. The van der Waals surface area contributed by atoms with E-state index in [1.165, 1.54) is 12.1 Å². The summed E-state index contributed by atoms with van der Waals surface area (Å²) >= 11 is 3.20. The lowest BCUT2D eigenvalue weighted by atomic mass is 10.2. The second-order valence-corrected chi connectivity index (χ2v) is 5.00. The van der Waals surface area contributed by atoms with E-state index >= 15 is 0 Å². The van der Waals surface area contributed by atoms with Crippen LogP contribution in [0.2, 0.25) is 0 Å². The molecule has 0 heterocycles. The van der Waals surface area contributed by atoms with Gasteiger partial charge in [0.25, 0.3) is 11.6 Å². The molecule has 0 atom stereocenters. The monoisotopic (exact) mass is 353 g/mol. The Kier molecular flexibility index (Phi) is 4.18. The highest BCUT2D eigenvalue weighted by molar-refractivity contribution is 9.10. The van der Waals surface area contributed by atoms with Gasteiger partial charge in [-0.15, -0.1) is 0 Å². The zero-order valence-corrected chi connectivity index (χ0v) is 12.1. The standard InChI is InChI=1S/C13H9BrFN3O3/c14-11-2-1-7(3-12(11)16)13(19)17-9-4-8(15)5-10(6-9)18(20)21/h1-6H,16H2,(H,17,19). The fourth-order valence-corrected chi connectivity index (χ4v) is 1.89. The fourth-order valence-electron chi connectivity index (χ4n) is 1.64. The highest BCUT2D eigenvalue weighted by Crippen LogP contribution is 2.23. The van der Waals surface area contributed by atoms with Gasteiger partial charge in [-0.05, 0) is 40.2 Å². The van der Waals surface area contributed by atoms with Gasteiger partial charge < -0.3 is 11.1 Å². The maximum absolute atomic E-state index is 13.3. The lowest BCUT2D eigenvalue weighted by Gasteiger charge is -2.07. The zero-order valence-electron chi connectivity index (χ0n) is 10.5. The number of nitrogens with one attached hydrogen (secondary N) is 1. The minimum atomic E-state index is -0.810. The van der Waals surface area contributed by atoms with Crippen LogP contribution in [-0.2, 0) is 0 Å². The third-order valence-corrected chi connectivity index (χ3v) is 3.33. The lowest BCUT2D eigenvalue weighted by molar-refractivity contribution is -0.385. The molecule has 0 saturated heterocycles. The number of benzene rings is 2. The number of hydrogen-bond donors (Lipinski definition) is 2. The Labute approximate surface area is 127 Å². The van der Waals surface area contributed by atoms with Crippen molar-refractivity contribution in [3.8, 4) is 0 Å². The first-order valence-electron chi connectivity index (χ1n) is 5.68. The van der Waals surface area contributed by atoms with Crippen molar-refractivity contribution in [1.82, 2.24) is 0 Å². The Morgan fingerprint density at radius 3 is 2.62 bits per heavy atom. The minimum absolute atomic E-state index is 0.00631. The van der Waals surface area contributed by atoms with Crippen LogP contribution >= 0.6 is 15.9 Å². The summed E-state index contributed by atoms with van der Waals surface area (Å²) in [4.78, 5) is 21.9. The van der Waals surface area contributed by atoms with Crippen LogP contribution in [0.1, 0.15) is 10.4 Å². The molecule has 0 aromatic heterocycles. The average molecular weight is 354 g/mol. The van der Waals surface area contributed by atoms with E-state index in [4.69, 9.17) is 5.73 Å². The number of nitro groups is 1. The number of carbonyl (C=O) groups is 1. The minimum Gasteiger partial charge on any atom is -0.398 e. The van der Waals surface area contributed by atoms with Crippen LogP contribution in [0.15, 0.2) is 40.9 Å². The maximum Gasteiger partial charge on any atom is 0.274 e. The lowest BCUT2D eigenvalue weighted by Crippen LogP contribution is -2.12. The summed E-state index contributed by atoms with van der Waals surface area (Å²) in [7, 11) is 0. The normalized spacial score (nSPS) is 10.2. The third-order valence-electron chi connectivity index (χ3n) is 2.61. The molecule has 108 valence electrons. The number of amides is 1. The Morgan fingerprint density at radius 1 is 1.29 bits per heavy atom. The molecule has 1 amide bonds. The summed E-state index contributed by atoms with van der Waals surface area (Å²) in [6.07, 6.45) is 0. The average Bonchev–Trinajstić information content (AvgIpc) is 2.41. The van der Waals surface area contributed by atoms with Crippen molar-refractivity contribution >= 4 is 38.9 Å². The van der Waals surface area contributed by atoms with Gasteiger partial charge in [0, 0.05) is 21.8 Å². The number of nitrogen functional groups attached to an aromatic ring is 1. The number of nitrogens with zero attached hydrogens (tertiary/aromatic N) is 1. The van der Waals surface area contributed by atoms with Crippen LogP contribution in [-0.4, -0.2) is 10.8 Å². The van der Waals surface area contributed by atoms with Gasteiger partial charge in [0.1, 0.15) is 5.82 Å². The van der Waals surface area contributed by atoms with Crippen molar-refractivity contribution in [3.05, 3.63) is 62.4 Å². The number of non-ortho nitro benzene ring substituents is 1. The number of anilines is 2. The number of halogens is 2. The van der Waals surface area contributed by atoms with Crippen molar-refractivity contribution in [2.24, 2.45) is 0 Å². The molecule has 0 aliphatic rings. The molecular weight excluding hydrogens is 345 g/mol. The predicted molar refractivity (Wildman–Crippen MR) is 79.6 cm³/mol. The van der Waals surface area contributed by atoms with E-state index in [0.717, 1.165) is 18.2 Å². The van der Waals surface area contributed by atoms with Gasteiger partial charge in [0.2, 0.25) is 0 Å². The Hall–Kier alpha value is -2.48.